The van der Waals surface area contributed by atoms with Gasteiger partial charge in [-0.2, -0.15) is 0 Å². The number of benzene rings is 9. The maximum absolute atomic E-state index is 4.63. The zero-order valence-corrected chi connectivity index (χ0v) is 34.5. The second-order valence-corrected chi connectivity index (χ2v) is 15.9. The highest BCUT2D eigenvalue weighted by molar-refractivity contribution is 6.22. The summed E-state index contributed by atoms with van der Waals surface area (Å²) < 4.78 is 4.83. The average Bonchev–Trinajstić information content (AvgIpc) is 3.84. The lowest BCUT2D eigenvalue weighted by Gasteiger charge is -2.38. The summed E-state index contributed by atoms with van der Waals surface area (Å²) in [6, 6.07) is 84.5. The summed E-state index contributed by atoms with van der Waals surface area (Å²) in [5.74, 6) is 0. The first-order valence-corrected chi connectivity index (χ1v) is 21.4. The van der Waals surface area contributed by atoms with Crippen molar-refractivity contribution in [2.45, 2.75) is 0 Å². The van der Waals surface area contributed by atoms with Gasteiger partial charge in [-0.15, -0.1) is 0 Å². The lowest BCUT2D eigenvalue weighted by atomic mass is 9.97. The highest BCUT2D eigenvalue weighted by atomic mass is 15.6. The first-order valence-electron chi connectivity index (χ1n) is 21.4. The maximum atomic E-state index is 4.63. The van der Waals surface area contributed by atoms with E-state index < -0.39 is 0 Å². The number of aromatic nitrogens is 2. The molecule has 3 heterocycles. The molecule has 2 aromatic heterocycles. The van der Waals surface area contributed by atoms with Crippen molar-refractivity contribution in [3.8, 4) is 11.4 Å². The van der Waals surface area contributed by atoms with Crippen molar-refractivity contribution in [2.24, 2.45) is 0 Å². The van der Waals surface area contributed by atoms with Crippen LogP contribution in [0, 0.1) is 0 Å². The minimum Gasteiger partial charge on any atom is -0.311 e. The second-order valence-electron chi connectivity index (χ2n) is 15.9. The SMILES string of the molecule is C=C1c2ccccc2N(c2ccccc2)N(c2ccc(N(c3ccccc3)c3ccc(-n4c5ccccc5c5c6ccccc6n(-c6ccccc6)c54)cc3)cc2)c2ccccc21. The molecular formula is C58H41N5. The summed E-state index contributed by atoms with van der Waals surface area (Å²) >= 11 is 0. The third kappa shape index (κ3) is 5.86. The van der Waals surface area contributed by atoms with Gasteiger partial charge in [0, 0.05) is 55.7 Å². The minimum atomic E-state index is 0.995. The van der Waals surface area contributed by atoms with Gasteiger partial charge in [-0.3, -0.25) is 9.13 Å². The van der Waals surface area contributed by atoms with E-state index in [1.54, 1.807) is 0 Å². The normalized spacial score (nSPS) is 12.4. The largest absolute Gasteiger partial charge is 0.311 e. The summed E-state index contributed by atoms with van der Waals surface area (Å²) in [6.07, 6.45) is 0. The van der Waals surface area contributed by atoms with Gasteiger partial charge in [-0.25, -0.2) is 10.0 Å². The molecule has 0 N–H and O–H groups in total. The van der Waals surface area contributed by atoms with Gasteiger partial charge in [0.25, 0.3) is 0 Å². The van der Waals surface area contributed by atoms with Crippen LogP contribution in [0.4, 0.5) is 39.8 Å². The molecule has 9 aromatic carbocycles. The van der Waals surface area contributed by atoms with Crippen LogP contribution < -0.4 is 14.9 Å². The highest BCUT2D eigenvalue weighted by Crippen LogP contribution is 2.48. The summed E-state index contributed by atoms with van der Waals surface area (Å²) in [7, 11) is 0. The summed E-state index contributed by atoms with van der Waals surface area (Å²) in [6.45, 7) is 4.63. The van der Waals surface area contributed by atoms with Crippen LogP contribution in [0.25, 0.3) is 49.8 Å². The van der Waals surface area contributed by atoms with Gasteiger partial charge >= 0.3 is 0 Å². The molecule has 5 heteroatoms. The van der Waals surface area contributed by atoms with Gasteiger partial charge < -0.3 is 4.90 Å². The molecule has 11 aromatic rings. The fourth-order valence-electron chi connectivity index (χ4n) is 9.58. The number of fused-ring (bicyclic) bond motifs is 7. The van der Waals surface area contributed by atoms with Crippen LogP contribution in [-0.4, -0.2) is 9.13 Å². The molecular weight excluding hydrogens is 767 g/mol. The molecule has 5 nitrogen and oxygen atoms in total. The Morgan fingerprint density at radius 3 is 1.21 bits per heavy atom. The van der Waals surface area contributed by atoms with Crippen LogP contribution in [-0.2, 0) is 0 Å². The maximum Gasteiger partial charge on any atom is 0.131 e. The van der Waals surface area contributed by atoms with E-state index >= 15 is 0 Å². The van der Waals surface area contributed by atoms with Gasteiger partial charge in [0.1, 0.15) is 5.65 Å². The molecule has 0 aliphatic carbocycles. The average molecular weight is 808 g/mol. The molecule has 0 saturated heterocycles. The fraction of sp³-hybridized carbons (Fsp3) is 0. The summed E-state index contributed by atoms with van der Waals surface area (Å²) in [5.41, 5.74) is 16.3. The second kappa shape index (κ2) is 14.9. The van der Waals surface area contributed by atoms with Crippen molar-refractivity contribution in [2.75, 3.05) is 14.9 Å². The van der Waals surface area contributed by atoms with E-state index in [1.165, 1.54) is 27.2 Å². The number of para-hydroxylation sites is 7. The van der Waals surface area contributed by atoms with Crippen molar-refractivity contribution in [3.05, 3.63) is 254 Å². The van der Waals surface area contributed by atoms with Crippen molar-refractivity contribution in [3.63, 3.8) is 0 Å². The van der Waals surface area contributed by atoms with Crippen molar-refractivity contribution in [1.82, 2.24) is 9.13 Å². The van der Waals surface area contributed by atoms with Gasteiger partial charge in [0.15, 0.2) is 0 Å². The Morgan fingerprint density at radius 1 is 0.317 bits per heavy atom. The molecule has 0 fully saturated rings. The molecule has 0 spiro atoms. The number of hydrazine groups is 1. The predicted molar refractivity (Wildman–Crippen MR) is 264 cm³/mol. The third-order valence-electron chi connectivity index (χ3n) is 12.3. The number of rotatable bonds is 7. The lowest BCUT2D eigenvalue weighted by Crippen LogP contribution is -2.35. The Kier molecular flexibility index (Phi) is 8.57. The molecule has 1 aliphatic rings. The fourth-order valence-corrected chi connectivity index (χ4v) is 9.58. The van der Waals surface area contributed by atoms with E-state index in [-0.39, 0.29) is 0 Å². The van der Waals surface area contributed by atoms with Gasteiger partial charge in [-0.05, 0) is 115 Å². The molecule has 0 saturated carbocycles. The van der Waals surface area contributed by atoms with Crippen molar-refractivity contribution >= 4 is 78.2 Å². The Hall–Kier alpha value is -8.54. The Bertz CT molecular complexity index is 3460. The van der Waals surface area contributed by atoms with Crippen LogP contribution >= 0.6 is 0 Å². The zero-order valence-electron chi connectivity index (χ0n) is 34.5. The van der Waals surface area contributed by atoms with Crippen molar-refractivity contribution in [1.29, 1.82) is 0 Å². The molecule has 0 atom stereocenters. The lowest BCUT2D eigenvalue weighted by molar-refractivity contribution is 0.992. The molecule has 0 bridgehead atoms. The topological polar surface area (TPSA) is 19.6 Å². The molecule has 0 unspecified atom stereocenters. The highest BCUT2D eigenvalue weighted by Gasteiger charge is 2.30. The molecule has 63 heavy (non-hydrogen) atoms. The Labute approximate surface area is 366 Å². The van der Waals surface area contributed by atoms with E-state index in [9.17, 15) is 0 Å². The monoisotopic (exact) mass is 807 g/mol. The standard InChI is InChI=1S/C58H41N5/c1-41-49-25-11-17-31-55(49)62(47-23-9-4-10-24-47)63(56-32-18-12-26-50(41)56)48-39-37-45(38-40-48)59(42-19-5-2-6-20-42)44-33-35-46(36-34-44)61-54-30-16-14-28-52(54)57-51-27-13-15-29-53(51)60(58(57)61)43-21-7-3-8-22-43/h2-40H,1H2. The van der Waals surface area contributed by atoms with Crippen LogP contribution in [0.3, 0.4) is 0 Å². The molecule has 0 amide bonds. The molecule has 0 radical (unpaired) electrons. The Morgan fingerprint density at radius 2 is 0.683 bits per heavy atom. The smallest absolute Gasteiger partial charge is 0.131 e. The first kappa shape index (κ1) is 36.3. The third-order valence-corrected chi connectivity index (χ3v) is 12.3. The summed E-state index contributed by atoms with van der Waals surface area (Å²) in [4.78, 5) is 2.33. The number of anilines is 7. The van der Waals surface area contributed by atoms with Gasteiger partial charge in [0.05, 0.1) is 33.8 Å². The molecule has 12 rings (SSSR count). The Balaban J connectivity index is 0.994. The van der Waals surface area contributed by atoms with Crippen LogP contribution in [0.5, 0.6) is 0 Å². The van der Waals surface area contributed by atoms with E-state index in [1.807, 2.05) is 0 Å². The van der Waals surface area contributed by atoms with E-state index in [2.05, 4.69) is 267 Å². The van der Waals surface area contributed by atoms with Crippen LogP contribution in [0.2, 0.25) is 0 Å². The minimum absolute atomic E-state index is 0.995. The van der Waals surface area contributed by atoms with Gasteiger partial charge in [-0.1, -0.05) is 134 Å². The van der Waals surface area contributed by atoms with E-state index in [4.69, 9.17) is 0 Å². The predicted octanol–water partition coefficient (Wildman–Crippen LogP) is 15.5. The molecule has 298 valence electrons. The number of nitrogens with zero attached hydrogens (tertiary/aromatic N) is 5. The van der Waals surface area contributed by atoms with E-state index in [0.29, 0.717) is 0 Å². The number of hydrogen-bond donors (Lipinski definition) is 0. The summed E-state index contributed by atoms with van der Waals surface area (Å²) in [5, 5.41) is 8.37. The number of hydrogen-bond acceptors (Lipinski definition) is 3. The van der Waals surface area contributed by atoms with Crippen LogP contribution in [0.15, 0.2) is 243 Å². The van der Waals surface area contributed by atoms with Crippen molar-refractivity contribution < 1.29 is 0 Å². The van der Waals surface area contributed by atoms with Crippen LogP contribution in [0.1, 0.15) is 11.1 Å². The van der Waals surface area contributed by atoms with Gasteiger partial charge in [0.2, 0.25) is 0 Å². The quantitative estimate of drug-likeness (QED) is 0.160. The first-order chi connectivity index (χ1) is 31.2. The zero-order chi connectivity index (χ0) is 41.9. The van der Waals surface area contributed by atoms with E-state index in [0.717, 1.165) is 73.5 Å². The molecule has 1 aliphatic heterocycles.